The van der Waals surface area contributed by atoms with Gasteiger partial charge in [0.05, 0.1) is 11.8 Å². The van der Waals surface area contributed by atoms with Gasteiger partial charge in [-0.1, -0.05) is 5.16 Å². The van der Waals surface area contributed by atoms with E-state index in [1.54, 1.807) is 0 Å². The molecule has 0 amide bonds. The van der Waals surface area contributed by atoms with E-state index in [1.165, 1.54) is 19.3 Å². The molecule has 0 saturated heterocycles. The summed E-state index contributed by atoms with van der Waals surface area (Å²) in [5, 5.41) is 12.8. The molecule has 2 aliphatic carbocycles. The van der Waals surface area contributed by atoms with E-state index in [1.807, 2.05) is 0 Å². The van der Waals surface area contributed by atoms with Crippen molar-refractivity contribution in [3.8, 4) is 0 Å². The summed E-state index contributed by atoms with van der Waals surface area (Å²) >= 11 is 0. The first-order chi connectivity index (χ1) is 7.56. The maximum Gasteiger partial charge on any atom is 0.0775 e. The second-order valence-corrected chi connectivity index (χ2v) is 5.87. The number of rotatable bonds is 3. The third-order valence-corrected chi connectivity index (χ3v) is 4.27. The summed E-state index contributed by atoms with van der Waals surface area (Å²) in [4.78, 5) is 2.51. The van der Waals surface area contributed by atoms with Crippen LogP contribution < -0.4 is 0 Å². The zero-order valence-electron chi connectivity index (χ0n) is 10.8. The topological polar surface area (TPSA) is 35.8 Å². The lowest BCUT2D eigenvalue weighted by atomic mass is 9.90. The molecule has 2 bridgehead atoms. The summed E-state index contributed by atoms with van der Waals surface area (Å²) in [6, 6.07) is 1.42. The van der Waals surface area contributed by atoms with E-state index in [9.17, 15) is 5.21 Å². The molecular formula is C13H24N2O. The zero-order chi connectivity index (χ0) is 11.9. The molecule has 2 rings (SSSR count). The van der Waals surface area contributed by atoms with Crippen LogP contribution in [0.2, 0.25) is 0 Å². The predicted octanol–water partition coefficient (Wildman–Crippen LogP) is 2.73. The van der Waals surface area contributed by atoms with Gasteiger partial charge in [-0.2, -0.15) is 0 Å². The largest absolute Gasteiger partial charge is 0.411 e. The van der Waals surface area contributed by atoms with Gasteiger partial charge in [0.1, 0.15) is 0 Å². The van der Waals surface area contributed by atoms with Gasteiger partial charge in [-0.05, 0) is 52.9 Å². The predicted molar refractivity (Wildman–Crippen MR) is 66.0 cm³/mol. The number of nitrogens with zero attached hydrogens (tertiary/aromatic N) is 2. The van der Waals surface area contributed by atoms with Crippen LogP contribution in [0.3, 0.4) is 0 Å². The fraction of sp³-hybridized carbons (Fsp3) is 0.923. The SMILES string of the molecule is CC(C)N(C(C)C)[C@H]1/C(=N/O)[C@H]2CC[C@@H]1C2. The molecule has 16 heavy (non-hydrogen) atoms. The molecular weight excluding hydrogens is 200 g/mol. The smallest absolute Gasteiger partial charge is 0.0775 e. The summed E-state index contributed by atoms with van der Waals surface area (Å²) in [6.07, 6.45) is 3.77. The molecule has 0 aromatic heterocycles. The Morgan fingerprint density at radius 3 is 2.31 bits per heavy atom. The molecule has 0 aromatic rings. The molecule has 3 atom stereocenters. The molecule has 0 unspecified atom stereocenters. The maximum absolute atomic E-state index is 9.23. The van der Waals surface area contributed by atoms with Crippen molar-refractivity contribution in [2.75, 3.05) is 0 Å². The molecule has 0 aromatic carbocycles. The molecule has 3 nitrogen and oxygen atoms in total. The highest BCUT2D eigenvalue weighted by molar-refractivity contribution is 5.94. The second-order valence-electron chi connectivity index (χ2n) is 5.87. The normalized spacial score (nSPS) is 36.2. The van der Waals surface area contributed by atoms with Crippen LogP contribution in [0.5, 0.6) is 0 Å². The van der Waals surface area contributed by atoms with E-state index in [-0.39, 0.29) is 0 Å². The van der Waals surface area contributed by atoms with Gasteiger partial charge in [-0.3, -0.25) is 4.90 Å². The van der Waals surface area contributed by atoms with E-state index in [0.717, 1.165) is 11.6 Å². The Morgan fingerprint density at radius 1 is 1.19 bits per heavy atom. The number of hydrogen-bond donors (Lipinski definition) is 1. The van der Waals surface area contributed by atoms with Crippen LogP contribution in [0.25, 0.3) is 0 Å². The molecule has 92 valence electrons. The van der Waals surface area contributed by atoms with Gasteiger partial charge in [0.25, 0.3) is 0 Å². The summed E-state index contributed by atoms with van der Waals surface area (Å²) in [5.74, 6) is 1.28. The van der Waals surface area contributed by atoms with E-state index < -0.39 is 0 Å². The highest BCUT2D eigenvalue weighted by Crippen LogP contribution is 2.45. The summed E-state index contributed by atoms with van der Waals surface area (Å²) in [7, 11) is 0. The van der Waals surface area contributed by atoms with Gasteiger partial charge in [0.2, 0.25) is 0 Å². The van der Waals surface area contributed by atoms with E-state index in [0.29, 0.717) is 24.0 Å². The van der Waals surface area contributed by atoms with Gasteiger partial charge in [0.15, 0.2) is 0 Å². The van der Waals surface area contributed by atoms with Crippen molar-refractivity contribution in [1.29, 1.82) is 0 Å². The minimum atomic E-state index is 0.392. The number of oxime groups is 1. The molecule has 2 saturated carbocycles. The van der Waals surface area contributed by atoms with Crippen LogP contribution in [-0.4, -0.2) is 33.9 Å². The van der Waals surface area contributed by atoms with E-state index in [4.69, 9.17) is 0 Å². The van der Waals surface area contributed by atoms with E-state index >= 15 is 0 Å². The van der Waals surface area contributed by atoms with Crippen molar-refractivity contribution in [3.63, 3.8) is 0 Å². The second kappa shape index (κ2) is 4.36. The first-order valence-electron chi connectivity index (χ1n) is 6.55. The third-order valence-electron chi connectivity index (χ3n) is 4.27. The fourth-order valence-electron chi connectivity index (χ4n) is 3.83. The lowest BCUT2D eigenvalue weighted by molar-refractivity contribution is 0.115. The van der Waals surface area contributed by atoms with E-state index in [2.05, 4.69) is 37.8 Å². The summed E-state index contributed by atoms with van der Waals surface area (Å²) in [5.41, 5.74) is 1.05. The van der Waals surface area contributed by atoms with Crippen molar-refractivity contribution in [3.05, 3.63) is 0 Å². The van der Waals surface area contributed by atoms with Gasteiger partial charge in [-0.15, -0.1) is 0 Å². The van der Waals surface area contributed by atoms with Crippen LogP contribution in [0.1, 0.15) is 47.0 Å². The number of hydrogen-bond acceptors (Lipinski definition) is 3. The van der Waals surface area contributed by atoms with Gasteiger partial charge >= 0.3 is 0 Å². The molecule has 2 aliphatic rings. The molecule has 2 fully saturated rings. The highest BCUT2D eigenvalue weighted by atomic mass is 16.4. The average molecular weight is 224 g/mol. The Morgan fingerprint density at radius 2 is 1.81 bits per heavy atom. The van der Waals surface area contributed by atoms with Crippen LogP contribution in [0.4, 0.5) is 0 Å². The standard InChI is InChI=1S/C13H24N2O/c1-8(2)15(9(3)4)13-11-6-5-10(7-11)12(13)14-16/h8-11,13,16H,5-7H2,1-4H3/b14-12+/t10-,11+,13+/m0/s1. The van der Waals surface area contributed by atoms with Crippen molar-refractivity contribution >= 4 is 5.71 Å². The summed E-state index contributed by atoms with van der Waals surface area (Å²) < 4.78 is 0. The first kappa shape index (κ1) is 11.9. The van der Waals surface area contributed by atoms with Crippen molar-refractivity contribution in [2.45, 2.75) is 65.1 Å². The van der Waals surface area contributed by atoms with Crippen LogP contribution in [0, 0.1) is 11.8 Å². The Hall–Kier alpha value is -0.570. The Labute approximate surface area is 98.5 Å². The Kier molecular flexibility index (Phi) is 3.24. The van der Waals surface area contributed by atoms with Gasteiger partial charge < -0.3 is 5.21 Å². The Balaban J connectivity index is 2.24. The van der Waals surface area contributed by atoms with Crippen molar-refractivity contribution in [2.24, 2.45) is 17.0 Å². The molecule has 0 aliphatic heterocycles. The Bertz CT molecular complexity index is 278. The minimum Gasteiger partial charge on any atom is -0.411 e. The fourth-order valence-corrected chi connectivity index (χ4v) is 3.83. The van der Waals surface area contributed by atoms with Gasteiger partial charge in [-0.25, -0.2) is 0 Å². The quantitative estimate of drug-likeness (QED) is 0.591. The van der Waals surface area contributed by atoms with Crippen molar-refractivity contribution < 1.29 is 5.21 Å². The van der Waals surface area contributed by atoms with Crippen LogP contribution in [-0.2, 0) is 0 Å². The van der Waals surface area contributed by atoms with Crippen LogP contribution >= 0.6 is 0 Å². The maximum atomic E-state index is 9.23. The minimum absolute atomic E-state index is 0.392. The molecule has 0 radical (unpaired) electrons. The zero-order valence-corrected chi connectivity index (χ0v) is 10.8. The highest BCUT2D eigenvalue weighted by Gasteiger charge is 2.48. The van der Waals surface area contributed by atoms with Gasteiger partial charge in [0, 0.05) is 18.0 Å². The molecule has 1 N–H and O–H groups in total. The van der Waals surface area contributed by atoms with Crippen LogP contribution in [0.15, 0.2) is 5.16 Å². The monoisotopic (exact) mass is 224 g/mol. The van der Waals surface area contributed by atoms with Crippen molar-refractivity contribution in [1.82, 2.24) is 4.90 Å². The third kappa shape index (κ3) is 1.75. The summed E-state index contributed by atoms with van der Waals surface area (Å²) in [6.45, 7) is 8.95. The molecule has 3 heteroatoms. The number of fused-ring (bicyclic) bond motifs is 2. The first-order valence-corrected chi connectivity index (χ1v) is 6.55. The lowest BCUT2D eigenvalue weighted by Crippen LogP contribution is -2.51. The molecule has 0 spiro atoms. The molecule has 0 heterocycles. The lowest BCUT2D eigenvalue weighted by Gasteiger charge is -2.40. The average Bonchev–Trinajstić information content (AvgIpc) is 2.76.